The average molecular weight is 398 g/mol. The molecule has 1 aliphatic rings. The van der Waals surface area contributed by atoms with E-state index in [-0.39, 0.29) is 6.54 Å². The van der Waals surface area contributed by atoms with Gasteiger partial charge in [-0.05, 0) is 31.0 Å². The Balaban J connectivity index is 1.54. The van der Waals surface area contributed by atoms with E-state index in [1.54, 1.807) is 4.31 Å². The normalized spacial score (nSPS) is 17.6. The van der Waals surface area contributed by atoms with Crippen molar-refractivity contribution in [2.24, 2.45) is 0 Å². The van der Waals surface area contributed by atoms with E-state index in [9.17, 15) is 8.42 Å². The van der Waals surface area contributed by atoms with Gasteiger partial charge in [-0.1, -0.05) is 48.5 Å². The molecule has 4 rings (SSSR count). The number of benzene rings is 2. The van der Waals surface area contributed by atoms with Crippen molar-refractivity contribution in [3.63, 3.8) is 0 Å². The molecule has 0 N–H and O–H groups in total. The molecule has 2 aromatic carbocycles. The summed E-state index contributed by atoms with van der Waals surface area (Å²) >= 11 is 0. The van der Waals surface area contributed by atoms with Crippen molar-refractivity contribution < 1.29 is 12.8 Å². The Labute approximate surface area is 165 Å². The van der Waals surface area contributed by atoms with Gasteiger partial charge in [-0.2, -0.15) is 17.0 Å². The molecule has 0 radical (unpaired) electrons. The number of hydrogen-bond donors (Lipinski definition) is 0. The number of hydrogen-bond acceptors (Lipinski definition) is 4. The number of oxazole rings is 1. The van der Waals surface area contributed by atoms with Crippen LogP contribution in [0, 0.1) is 6.92 Å². The van der Waals surface area contributed by atoms with Crippen LogP contribution in [0.1, 0.15) is 23.4 Å². The van der Waals surface area contributed by atoms with E-state index in [0.29, 0.717) is 37.0 Å². The van der Waals surface area contributed by atoms with Crippen molar-refractivity contribution in [1.29, 1.82) is 0 Å². The zero-order chi connectivity index (χ0) is 19.6. The van der Waals surface area contributed by atoms with Gasteiger partial charge in [-0.3, -0.25) is 0 Å². The minimum Gasteiger partial charge on any atom is -0.441 e. The molecule has 146 valence electrons. The monoisotopic (exact) mass is 397 g/mol. The Hall–Kier alpha value is -2.48. The minimum absolute atomic E-state index is 0.218. The van der Waals surface area contributed by atoms with Crippen LogP contribution >= 0.6 is 0 Å². The number of aromatic nitrogens is 1. The SMILES string of the molecule is Cc1oc(-c2ccccc2)nc1CN1CCCN(Cc2ccccc2)S1(=O)=O. The molecule has 0 aliphatic carbocycles. The summed E-state index contributed by atoms with van der Waals surface area (Å²) in [5.41, 5.74) is 2.52. The Morgan fingerprint density at radius 2 is 1.54 bits per heavy atom. The van der Waals surface area contributed by atoms with Crippen molar-refractivity contribution in [2.45, 2.75) is 26.4 Å². The molecular formula is C21H23N3O3S. The highest BCUT2D eigenvalue weighted by Crippen LogP contribution is 2.25. The third-order valence-corrected chi connectivity index (χ3v) is 6.84. The summed E-state index contributed by atoms with van der Waals surface area (Å²) in [7, 11) is -3.55. The molecule has 1 aliphatic heterocycles. The third-order valence-electron chi connectivity index (χ3n) is 4.91. The van der Waals surface area contributed by atoms with Gasteiger partial charge in [0.25, 0.3) is 10.2 Å². The fourth-order valence-electron chi connectivity index (χ4n) is 3.37. The lowest BCUT2D eigenvalue weighted by atomic mass is 10.2. The standard InChI is InChI=1S/C21H23N3O3S/c1-17-20(22-21(27-17)19-11-6-3-7-12-19)16-24-14-8-13-23(28(24,25)26)15-18-9-4-2-5-10-18/h2-7,9-12H,8,13-16H2,1H3. The lowest BCUT2D eigenvalue weighted by molar-refractivity contribution is 0.274. The Kier molecular flexibility index (Phi) is 5.30. The lowest BCUT2D eigenvalue weighted by Crippen LogP contribution is -2.48. The maximum absolute atomic E-state index is 13.1. The molecule has 2 heterocycles. The fraction of sp³-hybridized carbons (Fsp3) is 0.286. The van der Waals surface area contributed by atoms with Crippen LogP contribution in [-0.4, -0.2) is 35.1 Å². The molecule has 0 spiro atoms. The second-order valence-electron chi connectivity index (χ2n) is 6.90. The van der Waals surface area contributed by atoms with Gasteiger partial charge in [0.1, 0.15) is 5.76 Å². The first-order chi connectivity index (χ1) is 13.5. The summed E-state index contributed by atoms with van der Waals surface area (Å²) in [5, 5.41) is 0. The first-order valence-electron chi connectivity index (χ1n) is 9.35. The summed E-state index contributed by atoms with van der Waals surface area (Å²) < 4.78 is 35.0. The van der Waals surface area contributed by atoms with E-state index in [2.05, 4.69) is 4.98 Å². The van der Waals surface area contributed by atoms with Crippen LogP contribution < -0.4 is 0 Å². The summed E-state index contributed by atoms with van der Waals surface area (Å²) in [5.74, 6) is 1.16. The molecule has 0 amide bonds. The van der Waals surface area contributed by atoms with E-state index >= 15 is 0 Å². The van der Waals surface area contributed by atoms with E-state index in [1.165, 1.54) is 4.31 Å². The minimum atomic E-state index is -3.55. The maximum Gasteiger partial charge on any atom is 0.282 e. The predicted octanol–water partition coefficient (Wildman–Crippen LogP) is 3.60. The van der Waals surface area contributed by atoms with Crippen molar-refractivity contribution in [2.75, 3.05) is 13.1 Å². The van der Waals surface area contributed by atoms with Crippen LogP contribution in [0.25, 0.3) is 11.5 Å². The largest absolute Gasteiger partial charge is 0.441 e. The first kappa shape index (κ1) is 18.9. The van der Waals surface area contributed by atoms with Crippen LogP contribution in [0.3, 0.4) is 0 Å². The first-order valence-corrected chi connectivity index (χ1v) is 10.7. The Bertz CT molecular complexity index is 1030. The zero-order valence-corrected chi connectivity index (χ0v) is 16.6. The summed E-state index contributed by atoms with van der Waals surface area (Å²) in [6, 6.07) is 19.3. The van der Waals surface area contributed by atoms with Crippen molar-refractivity contribution in [3.05, 3.63) is 77.7 Å². The lowest BCUT2D eigenvalue weighted by Gasteiger charge is -2.34. The van der Waals surface area contributed by atoms with Gasteiger partial charge in [0.15, 0.2) is 0 Å². The van der Waals surface area contributed by atoms with Crippen LogP contribution in [0.4, 0.5) is 0 Å². The Morgan fingerprint density at radius 1 is 0.929 bits per heavy atom. The second kappa shape index (κ2) is 7.87. The fourth-order valence-corrected chi connectivity index (χ4v) is 5.02. The van der Waals surface area contributed by atoms with Gasteiger partial charge in [0, 0.05) is 25.2 Å². The molecule has 0 saturated carbocycles. The summed E-state index contributed by atoms with van der Waals surface area (Å²) in [6.45, 7) is 3.44. The molecule has 7 heteroatoms. The van der Waals surface area contributed by atoms with Gasteiger partial charge >= 0.3 is 0 Å². The van der Waals surface area contributed by atoms with E-state index in [0.717, 1.165) is 17.5 Å². The number of rotatable bonds is 5. The summed E-state index contributed by atoms with van der Waals surface area (Å²) in [4.78, 5) is 4.56. The number of aryl methyl sites for hydroxylation is 1. The third kappa shape index (κ3) is 3.87. The molecular weight excluding hydrogens is 374 g/mol. The zero-order valence-electron chi connectivity index (χ0n) is 15.8. The van der Waals surface area contributed by atoms with Crippen molar-refractivity contribution in [1.82, 2.24) is 13.6 Å². The van der Waals surface area contributed by atoms with Gasteiger partial charge in [0.05, 0.1) is 12.2 Å². The van der Waals surface area contributed by atoms with Crippen LogP contribution in [-0.2, 0) is 23.3 Å². The molecule has 1 fully saturated rings. The molecule has 0 atom stereocenters. The topological polar surface area (TPSA) is 66.7 Å². The highest BCUT2D eigenvalue weighted by molar-refractivity contribution is 7.86. The van der Waals surface area contributed by atoms with Crippen LogP contribution in [0.15, 0.2) is 65.1 Å². The number of nitrogens with zero attached hydrogens (tertiary/aromatic N) is 3. The van der Waals surface area contributed by atoms with Crippen LogP contribution in [0.5, 0.6) is 0 Å². The van der Waals surface area contributed by atoms with Gasteiger partial charge in [0.2, 0.25) is 5.89 Å². The van der Waals surface area contributed by atoms with Crippen molar-refractivity contribution in [3.8, 4) is 11.5 Å². The molecule has 3 aromatic rings. The van der Waals surface area contributed by atoms with E-state index in [1.807, 2.05) is 67.6 Å². The highest BCUT2D eigenvalue weighted by atomic mass is 32.2. The molecule has 0 unspecified atom stereocenters. The van der Waals surface area contributed by atoms with Crippen molar-refractivity contribution >= 4 is 10.2 Å². The summed E-state index contributed by atoms with van der Waals surface area (Å²) in [6.07, 6.45) is 0.786. The van der Waals surface area contributed by atoms with Gasteiger partial charge < -0.3 is 4.42 Å². The molecule has 28 heavy (non-hydrogen) atoms. The average Bonchev–Trinajstić information content (AvgIpc) is 3.07. The maximum atomic E-state index is 13.1. The van der Waals surface area contributed by atoms with E-state index in [4.69, 9.17) is 4.42 Å². The quantitative estimate of drug-likeness (QED) is 0.660. The molecule has 1 aromatic heterocycles. The van der Waals surface area contributed by atoms with Crippen LogP contribution in [0.2, 0.25) is 0 Å². The molecule has 1 saturated heterocycles. The molecule has 6 nitrogen and oxygen atoms in total. The predicted molar refractivity (Wildman–Crippen MR) is 107 cm³/mol. The highest BCUT2D eigenvalue weighted by Gasteiger charge is 2.34. The Morgan fingerprint density at radius 3 is 2.21 bits per heavy atom. The van der Waals surface area contributed by atoms with Gasteiger partial charge in [-0.25, -0.2) is 4.98 Å². The smallest absolute Gasteiger partial charge is 0.282 e. The molecule has 0 bridgehead atoms. The second-order valence-corrected chi connectivity index (χ2v) is 8.83. The van der Waals surface area contributed by atoms with E-state index < -0.39 is 10.2 Å². The van der Waals surface area contributed by atoms with Gasteiger partial charge in [-0.15, -0.1) is 0 Å².